The van der Waals surface area contributed by atoms with Gasteiger partial charge in [-0.3, -0.25) is 4.79 Å². The zero-order valence-corrected chi connectivity index (χ0v) is 18.8. The third kappa shape index (κ3) is 6.15. The number of thioether (sulfide) groups is 1. The van der Waals surface area contributed by atoms with Crippen molar-refractivity contribution in [1.82, 2.24) is 25.1 Å². The van der Waals surface area contributed by atoms with Gasteiger partial charge in [-0.2, -0.15) is 0 Å². The minimum absolute atomic E-state index is 0.309. The second kappa shape index (κ2) is 11.3. The summed E-state index contributed by atoms with van der Waals surface area (Å²) in [5, 5.41) is 12.3. The van der Waals surface area contributed by atoms with E-state index in [0.29, 0.717) is 36.6 Å². The molecule has 0 radical (unpaired) electrons. The Morgan fingerprint density at radius 2 is 1.59 bits per heavy atom. The molecule has 0 N–H and O–H groups in total. The summed E-state index contributed by atoms with van der Waals surface area (Å²) in [5.74, 6) is 1.16. The number of ether oxygens (including phenoxy) is 2. The fraction of sp³-hybridized carbons (Fsp3) is 0.900. The molecule has 0 unspecified atom stereocenters. The van der Waals surface area contributed by atoms with Crippen molar-refractivity contribution in [3.8, 4) is 0 Å². The predicted molar refractivity (Wildman–Crippen MR) is 112 cm³/mol. The highest BCUT2D eigenvalue weighted by Crippen LogP contribution is 2.32. The molecule has 0 saturated heterocycles. The largest absolute Gasteiger partial charge is 0.381 e. The van der Waals surface area contributed by atoms with Gasteiger partial charge < -0.3 is 14.4 Å². The van der Waals surface area contributed by atoms with E-state index in [4.69, 9.17) is 9.47 Å². The summed E-state index contributed by atoms with van der Waals surface area (Å²) < 4.78 is 12.7. The molecule has 2 aliphatic rings. The highest BCUT2D eigenvalue weighted by Gasteiger charge is 2.35. The van der Waals surface area contributed by atoms with Gasteiger partial charge >= 0.3 is 0 Å². The lowest BCUT2D eigenvalue weighted by Gasteiger charge is -2.44. The van der Waals surface area contributed by atoms with Gasteiger partial charge in [-0.1, -0.05) is 11.8 Å². The number of rotatable bonds is 9. The van der Waals surface area contributed by atoms with Gasteiger partial charge in [0.2, 0.25) is 11.1 Å². The zero-order chi connectivity index (χ0) is 20.6. The van der Waals surface area contributed by atoms with Crippen molar-refractivity contribution >= 4 is 17.7 Å². The van der Waals surface area contributed by atoms with E-state index < -0.39 is 0 Å². The van der Waals surface area contributed by atoms with Crippen molar-refractivity contribution in [2.24, 2.45) is 7.05 Å². The summed E-state index contributed by atoms with van der Waals surface area (Å²) in [6, 6.07) is 0.710. The lowest BCUT2D eigenvalue weighted by atomic mass is 9.86. The van der Waals surface area contributed by atoms with Crippen molar-refractivity contribution in [3.63, 3.8) is 0 Å². The molecule has 0 aliphatic heterocycles. The smallest absolute Gasteiger partial charge is 0.223 e. The second-order valence-corrected chi connectivity index (χ2v) is 9.23. The van der Waals surface area contributed by atoms with E-state index in [1.807, 2.05) is 7.05 Å². The van der Waals surface area contributed by atoms with Crippen LogP contribution < -0.4 is 0 Å². The fourth-order valence-electron chi connectivity index (χ4n) is 4.68. The highest BCUT2D eigenvalue weighted by atomic mass is 32.2. The van der Waals surface area contributed by atoms with Crippen LogP contribution in [0.5, 0.6) is 0 Å². The van der Waals surface area contributed by atoms with E-state index in [-0.39, 0.29) is 0 Å². The molecule has 164 valence electrons. The molecule has 2 fully saturated rings. The standard InChI is InChI=1S/C20H35N5O3S/c1-24-20(21-22-23-24)29-14-4-5-19(26)25(15-6-10-17(27-2)11-7-15)16-8-12-18(28-3)13-9-16/h15-18H,4-14H2,1-3H3. The van der Waals surface area contributed by atoms with Crippen LogP contribution in [0.2, 0.25) is 0 Å². The number of aryl methyl sites for hydroxylation is 1. The summed E-state index contributed by atoms with van der Waals surface area (Å²) in [7, 11) is 5.43. The average Bonchev–Trinajstić information content (AvgIpc) is 3.17. The molecule has 1 heterocycles. The molecule has 29 heavy (non-hydrogen) atoms. The Balaban J connectivity index is 1.55. The van der Waals surface area contributed by atoms with Crippen molar-refractivity contribution in [3.05, 3.63) is 0 Å². The Morgan fingerprint density at radius 3 is 2.03 bits per heavy atom. The van der Waals surface area contributed by atoms with Gasteiger partial charge in [0.1, 0.15) is 0 Å². The van der Waals surface area contributed by atoms with Gasteiger partial charge in [0.25, 0.3) is 0 Å². The summed E-state index contributed by atoms with van der Waals surface area (Å²) in [6.45, 7) is 0. The average molecular weight is 426 g/mol. The minimum Gasteiger partial charge on any atom is -0.381 e. The first-order valence-corrected chi connectivity index (χ1v) is 11.8. The van der Waals surface area contributed by atoms with E-state index in [0.717, 1.165) is 68.7 Å². The number of carbonyl (C=O) groups is 1. The first-order valence-electron chi connectivity index (χ1n) is 10.8. The van der Waals surface area contributed by atoms with Crippen molar-refractivity contribution < 1.29 is 14.3 Å². The van der Waals surface area contributed by atoms with Gasteiger partial charge in [-0.05, 0) is 68.2 Å². The van der Waals surface area contributed by atoms with Crippen LogP contribution in [0.15, 0.2) is 5.16 Å². The highest BCUT2D eigenvalue weighted by molar-refractivity contribution is 7.99. The van der Waals surface area contributed by atoms with Crippen LogP contribution in [-0.2, 0) is 21.3 Å². The molecular weight excluding hydrogens is 390 g/mol. The quantitative estimate of drug-likeness (QED) is 0.444. The predicted octanol–water partition coefficient (Wildman–Crippen LogP) is 2.83. The van der Waals surface area contributed by atoms with E-state index in [2.05, 4.69) is 20.4 Å². The van der Waals surface area contributed by atoms with Crippen molar-refractivity contribution in [2.45, 2.75) is 93.7 Å². The van der Waals surface area contributed by atoms with E-state index >= 15 is 0 Å². The monoisotopic (exact) mass is 425 g/mol. The first kappa shape index (κ1) is 22.5. The molecule has 2 aliphatic carbocycles. The molecule has 0 aromatic carbocycles. The topological polar surface area (TPSA) is 82.4 Å². The number of amides is 1. The lowest BCUT2D eigenvalue weighted by Crippen LogP contribution is -2.50. The maximum Gasteiger partial charge on any atom is 0.223 e. The zero-order valence-electron chi connectivity index (χ0n) is 18.0. The van der Waals surface area contributed by atoms with Crippen LogP contribution in [0.4, 0.5) is 0 Å². The van der Waals surface area contributed by atoms with Crippen LogP contribution in [0.25, 0.3) is 0 Å². The van der Waals surface area contributed by atoms with Gasteiger partial charge in [0, 0.05) is 45.5 Å². The normalized spacial score (nSPS) is 27.7. The number of tetrazole rings is 1. The number of hydrogen-bond donors (Lipinski definition) is 0. The van der Waals surface area contributed by atoms with Gasteiger partial charge in [-0.15, -0.1) is 5.10 Å². The molecule has 3 rings (SSSR count). The van der Waals surface area contributed by atoms with Crippen molar-refractivity contribution in [1.29, 1.82) is 0 Å². The molecule has 0 atom stereocenters. The number of hydrogen-bond acceptors (Lipinski definition) is 7. The maximum absolute atomic E-state index is 13.3. The van der Waals surface area contributed by atoms with E-state index in [9.17, 15) is 4.79 Å². The molecule has 8 nitrogen and oxygen atoms in total. The third-order valence-corrected chi connectivity index (χ3v) is 7.47. The molecule has 1 amide bonds. The molecular formula is C20H35N5O3S. The molecule has 0 bridgehead atoms. The van der Waals surface area contributed by atoms with Crippen molar-refractivity contribution in [2.75, 3.05) is 20.0 Å². The molecule has 2 saturated carbocycles. The molecule has 0 spiro atoms. The Hall–Kier alpha value is -1.19. The van der Waals surface area contributed by atoms with E-state index in [1.54, 1.807) is 30.7 Å². The van der Waals surface area contributed by atoms with Crippen LogP contribution >= 0.6 is 11.8 Å². The lowest BCUT2D eigenvalue weighted by molar-refractivity contribution is -0.139. The SMILES string of the molecule is COC1CCC(N(C(=O)CCCSc2nnnn2C)C2CCC(OC)CC2)CC1. The van der Waals surface area contributed by atoms with Gasteiger partial charge in [-0.25, -0.2) is 4.68 Å². The van der Waals surface area contributed by atoms with Crippen LogP contribution in [0.3, 0.4) is 0 Å². The molecule has 9 heteroatoms. The number of nitrogens with zero attached hydrogens (tertiary/aromatic N) is 5. The molecule has 1 aromatic rings. The summed E-state index contributed by atoms with van der Waals surface area (Å²) in [5.41, 5.74) is 0. The van der Waals surface area contributed by atoms with Gasteiger partial charge in [0.15, 0.2) is 0 Å². The number of carbonyl (C=O) groups excluding carboxylic acids is 1. The third-order valence-electron chi connectivity index (χ3n) is 6.38. The Kier molecular flexibility index (Phi) is 8.74. The summed E-state index contributed by atoms with van der Waals surface area (Å²) in [4.78, 5) is 15.5. The Bertz CT molecular complexity index is 603. The second-order valence-electron chi connectivity index (χ2n) is 8.17. The van der Waals surface area contributed by atoms with Crippen LogP contribution in [0.1, 0.15) is 64.2 Å². The first-order chi connectivity index (χ1) is 14.1. The Labute approximate surface area is 178 Å². The van der Waals surface area contributed by atoms with Gasteiger partial charge in [0.05, 0.1) is 12.2 Å². The molecule has 1 aromatic heterocycles. The fourth-order valence-corrected chi connectivity index (χ4v) is 5.47. The van der Waals surface area contributed by atoms with Crippen LogP contribution in [-0.4, -0.2) is 75.3 Å². The minimum atomic E-state index is 0.309. The number of methoxy groups -OCH3 is 2. The van der Waals surface area contributed by atoms with E-state index in [1.165, 1.54) is 0 Å². The summed E-state index contributed by atoms with van der Waals surface area (Å²) >= 11 is 1.61. The Morgan fingerprint density at radius 1 is 1.03 bits per heavy atom. The number of aromatic nitrogens is 4. The maximum atomic E-state index is 13.3. The summed E-state index contributed by atoms with van der Waals surface area (Å²) in [6.07, 6.45) is 10.5. The van der Waals surface area contributed by atoms with Crippen LogP contribution in [0, 0.1) is 0 Å².